The summed E-state index contributed by atoms with van der Waals surface area (Å²) in [6.45, 7) is 0. The van der Waals surface area contributed by atoms with Gasteiger partial charge in [-0.05, 0) is 11.6 Å². The van der Waals surface area contributed by atoms with Crippen LogP contribution >= 0.6 is 0 Å². The smallest absolute Gasteiger partial charge is 0.150 e. The quantitative estimate of drug-likeness (QED) is 0.498. The van der Waals surface area contributed by atoms with E-state index < -0.39 is 0 Å². The van der Waals surface area contributed by atoms with Crippen molar-refractivity contribution in [3.05, 3.63) is 41.5 Å². The molecule has 0 aliphatic rings. The van der Waals surface area contributed by atoms with Gasteiger partial charge in [0.25, 0.3) is 0 Å². The van der Waals surface area contributed by atoms with E-state index in [9.17, 15) is 9.59 Å². The first-order valence-corrected chi connectivity index (χ1v) is 3.54. The number of hydrogen-bond acceptors (Lipinski definition) is 2. The highest BCUT2D eigenvalue weighted by Gasteiger charge is 1.93. The molecule has 0 atom stereocenters. The van der Waals surface area contributed by atoms with Crippen LogP contribution in [0.15, 0.2) is 30.3 Å². The molecule has 0 saturated heterocycles. The molecule has 0 spiro atoms. The van der Waals surface area contributed by atoms with Gasteiger partial charge in [0.15, 0.2) is 6.29 Å². The Bertz CT molecular complexity index is 313. The van der Waals surface area contributed by atoms with Gasteiger partial charge in [-0.2, -0.15) is 0 Å². The van der Waals surface area contributed by atoms with Gasteiger partial charge in [0.2, 0.25) is 0 Å². The van der Waals surface area contributed by atoms with Crippen molar-refractivity contribution < 1.29 is 9.59 Å². The number of carbonyl (C=O) groups is 2. The first-order valence-electron chi connectivity index (χ1n) is 3.54. The Morgan fingerprint density at radius 3 is 2.25 bits per heavy atom. The molecule has 0 amide bonds. The molecule has 0 aliphatic heterocycles. The Kier molecular flexibility index (Phi) is 2.96. The summed E-state index contributed by atoms with van der Waals surface area (Å²) in [6.07, 6.45) is 4.42. The largest absolute Gasteiger partial charge is 0.299 e. The molecule has 60 valence electrons. The maximum Gasteiger partial charge on any atom is 0.150 e. The lowest BCUT2D eigenvalue weighted by Crippen LogP contribution is -1.83. The van der Waals surface area contributed by atoms with Crippen LogP contribution < -0.4 is 0 Å². The monoisotopic (exact) mass is 160 g/mol. The van der Waals surface area contributed by atoms with Crippen molar-refractivity contribution in [2.24, 2.45) is 0 Å². The van der Waals surface area contributed by atoms with Crippen LogP contribution in [0.2, 0.25) is 0 Å². The second-order valence-electron chi connectivity index (χ2n) is 2.24. The van der Waals surface area contributed by atoms with Crippen molar-refractivity contribution in [3.8, 4) is 0 Å². The molecule has 0 N–H and O–H groups in total. The summed E-state index contributed by atoms with van der Waals surface area (Å²) in [5.41, 5.74) is 1.36. The summed E-state index contributed by atoms with van der Waals surface area (Å²) >= 11 is 0. The van der Waals surface area contributed by atoms with Crippen LogP contribution in [-0.4, -0.2) is 12.6 Å². The van der Waals surface area contributed by atoms with Crippen molar-refractivity contribution in [1.82, 2.24) is 0 Å². The third-order valence-corrected chi connectivity index (χ3v) is 1.48. The zero-order valence-electron chi connectivity index (χ0n) is 6.44. The topological polar surface area (TPSA) is 34.1 Å². The molecule has 0 bridgehead atoms. The van der Waals surface area contributed by atoms with Crippen molar-refractivity contribution in [3.63, 3.8) is 0 Å². The SMILES string of the molecule is O=CC=Cc1ccccc1C=O. The lowest BCUT2D eigenvalue weighted by molar-refractivity contribution is -0.104. The lowest BCUT2D eigenvalue weighted by Gasteiger charge is -1.95. The maximum atomic E-state index is 10.5. The Morgan fingerprint density at radius 2 is 1.67 bits per heavy atom. The predicted octanol–water partition coefficient (Wildman–Crippen LogP) is 1.71. The van der Waals surface area contributed by atoms with Gasteiger partial charge in [-0.25, -0.2) is 0 Å². The third kappa shape index (κ3) is 1.89. The predicted molar refractivity (Wildman–Crippen MR) is 46.9 cm³/mol. The van der Waals surface area contributed by atoms with Gasteiger partial charge < -0.3 is 0 Å². The van der Waals surface area contributed by atoms with Gasteiger partial charge >= 0.3 is 0 Å². The van der Waals surface area contributed by atoms with Gasteiger partial charge in [0, 0.05) is 5.56 Å². The second-order valence-corrected chi connectivity index (χ2v) is 2.24. The van der Waals surface area contributed by atoms with E-state index in [-0.39, 0.29) is 0 Å². The van der Waals surface area contributed by atoms with Crippen molar-refractivity contribution in [2.75, 3.05) is 0 Å². The van der Waals surface area contributed by atoms with Gasteiger partial charge in [0.05, 0.1) is 0 Å². The molecule has 0 heterocycles. The summed E-state index contributed by atoms with van der Waals surface area (Å²) in [6, 6.07) is 7.08. The van der Waals surface area contributed by atoms with Crippen LogP contribution in [0.5, 0.6) is 0 Å². The summed E-state index contributed by atoms with van der Waals surface area (Å²) in [7, 11) is 0. The number of allylic oxidation sites excluding steroid dienone is 1. The number of benzene rings is 1. The average molecular weight is 160 g/mol. The second kappa shape index (κ2) is 4.23. The number of aldehydes is 2. The van der Waals surface area contributed by atoms with E-state index in [4.69, 9.17) is 0 Å². The summed E-state index contributed by atoms with van der Waals surface area (Å²) < 4.78 is 0. The molecule has 0 aromatic heterocycles. The molecular weight excluding hydrogens is 152 g/mol. The zero-order valence-corrected chi connectivity index (χ0v) is 6.44. The van der Waals surface area contributed by atoms with Crippen molar-refractivity contribution >= 4 is 18.6 Å². The highest BCUT2D eigenvalue weighted by molar-refractivity contribution is 5.84. The van der Waals surface area contributed by atoms with Gasteiger partial charge in [-0.3, -0.25) is 9.59 Å². The highest BCUT2D eigenvalue weighted by atomic mass is 16.1. The fraction of sp³-hybridized carbons (Fsp3) is 0. The van der Waals surface area contributed by atoms with E-state index in [2.05, 4.69) is 0 Å². The first kappa shape index (κ1) is 8.40. The summed E-state index contributed by atoms with van der Waals surface area (Å²) in [5.74, 6) is 0. The normalized spacial score (nSPS) is 10.0. The minimum absolute atomic E-state index is 0.593. The fourth-order valence-electron chi connectivity index (χ4n) is 0.913. The van der Waals surface area contributed by atoms with Crippen molar-refractivity contribution in [1.29, 1.82) is 0 Å². The van der Waals surface area contributed by atoms with Gasteiger partial charge in [0.1, 0.15) is 6.29 Å². The number of carbonyl (C=O) groups excluding carboxylic acids is 2. The maximum absolute atomic E-state index is 10.5. The summed E-state index contributed by atoms with van der Waals surface area (Å²) in [4.78, 5) is 20.5. The van der Waals surface area contributed by atoms with E-state index in [1.807, 2.05) is 6.07 Å². The van der Waals surface area contributed by atoms with E-state index in [1.165, 1.54) is 6.08 Å². The molecule has 2 nitrogen and oxygen atoms in total. The van der Waals surface area contributed by atoms with E-state index in [1.54, 1.807) is 24.3 Å². The van der Waals surface area contributed by atoms with Gasteiger partial charge in [-0.1, -0.05) is 30.3 Å². The highest BCUT2D eigenvalue weighted by Crippen LogP contribution is 2.07. The molecule has 2 heteroatoms. The number of rotatable bonds is 3. The van der Waals surface area contributed by atoms with E-state index in [0.717, 1.165) is 11.8 Å². The number of hydrogen-bond donors (Lipinski definition) is 0. The molecule has 1 rings (SSSR count). The van der Waals surface area contributed by atoms with Crippen LogP contribution in [-0.2, 0) is 4.79 Å². The van der Waals surface area contributed by atoms with Crippen LogP contribution in [0.25, 0.3) is 6.08 Å². The molecule has 0 fully saturated rings. The standard InChI is InChI=1S/C10H8O2/c11-7-3-6-9-4-1-2-5-10(9)8-12/h1-8H. The summed E-state index contributed by atoms with van der Waals surface area (Å²) in [5, 5.41) is 0. The Labute approximate surface area is 70.5 Å². The van der Waals surface area contributed by atoms with Crippen LogP contribution in [0, 0.1) is 0 Å². The average Bonchev–Trinajstić information content (AvgIpc) is 2.15. The van der Waals surface area contributed by atoms with E-state index >= 15 is 0 Å². The fourth-order valence-corrected chi connectivity index (χ4v) is 0.913. The minimum atomic E-state index is 0.593. The lowest BCUT2D eigenvalue weighted by atomic mass is 10.1. The minimum Gasteiger partial charge on any atom is -0.299 e. The van der Waals surface area contributed by atoms with Crippen molar-refractivity contribution in [2.45, 2.75) is 0 Å². The van der Waals surface area contributed by atoms with Gasteiger partial charge in [-0.15, -0.1) is 0 Å². The van der Waals surface area contributed by atoms with Crippen LogP contribution in [0.1, 0.15) is 15.9 Å². The Balaban J connectivity index is 3.04. The zero-order chi connectivity index (χ0) is 8.81. The van der Waals surface area contributed by atoms with E-state index in [0.29, 0.717) is 11.8 Å². The van der Waals surface area contributed by atoms with Crippen LogP contribution in [0.4, 0.5) is 0 Å². The third-order valence-electron chi connectivity index (χ3n) is 1.48. The molecule has 1 aromatic carbocycles. The molecule has 0 radical (unpaired) electrons. The molecule has 1 aromatic rings. The molecule has 0 aliphatic carbocycles. The molecule has 12 heavy (non-hydrogen) atoms. The molecular formula is C10H8O2. The molecule has 0 saturated carbocycles. The van der Waals surface area contributed by atoms with Crippen LogP contribution in [0.3, 0.4) is 0 Å². The Morgan fingerprint density at radius 1 is 1.00 bits per heavy atom. The molecule has 0 unspecified atom stereocenters. The Hall–Kier alpha value is -1.70. The first-order chi connectivity index (χ1) is 5.88.